The second-order valence-corrected chi connectivity index (χ2v) is 6.89. The SMILES string of the molecule is CC(Oc1ccc(Cl)cc1Cl)C(=O)N1CCC2CCC(C1)N2.Cl. The van der Waals surface area contributed by atoms with E-state index < -0.39 is 6.10 Å². The van der Waals surface area contributed by atoms with Crippen molar-refractivity contribution in [2.75, 3.05) is 13.1 Å². The van der Waals surface area contributed by atoms with E-state index in [2.05, 4.69) is 5.32 Å². The third-order valence-corrected chi connectivity index (χ3v) is 4.91. The summed E-state index contributed by atoms with van der Waals surface area (Å²) in [4.78, 5) is 14.5. The number of hydrogen-bond acceptors (Lipinski definition) is 3. The second kappa shape index (κ2) is 7.93. The summed E-state index contributed by atoms with van der Waals surface area (Å²) < 4.78 is 5.73. The Morgan fingerprint density at radius 3 is 2.78 bits per heavy atom. The Balaban J connectivity index is 0.00000192. The molecule has 0 aromatic heterocycles. The van der Waals surface area contributed by atoms with Crippen LogP contribution >= 0.6 is 35.6 Å². The zero-order chi connectivity index (χ0) is 15.7. The van der Waals surface area contributed by atoms with Gasteiger partial charge in [0, 0.05) is 30.2 Å². The average molecular weight is 380 g/mol. The normalized spacial score (nSPS) is 24.6. The fraction of sp³-hybridized carbons (Fsp3) is 0.562. The first kappa shape index (κ1) is 18.7. The Hall–Kier alpha value is -0.680. The van der Waals surface area contributed by atoms with Gasteiger partial charge in [0.05, 0.1) is 5.02 Å². The highest BCUT2D eigenvalue weighted by Gasteiger charge is 2.33. The van der Waals surface area contributed by atoms with Gasteiger partial charge in [-0.05, 0) is 44.4 Å². The highest BCUT2D eigenvalue weighted by atomic mass is 35.5. The number of carbonyl (C=O) groups is 1. The lowest BCUT2D eigenvalue weighted by molar-refractivity contribution is -0.138. The van der Waals surface area contributed by atoms with Crippen molar-refractivity contribution < 1.29 is 9.53 Å². The van der Waals surface area contributed by atoms with E-state index in [4.69, 9.17) is 27.9 Å². The number of hydrogen-bond donors (Lipinski definition) is 1. The fourth-order valence-corrected chi connectivity index (χ4v) is 3.66. The largest absolute Gasteiger partial charge is 0.479 e. The third-order valence-electron chi connectivity index (χ3n) is 4.38. The van der Waals surface area contributed by atoms with Gasteiger partial charge >= 0.3 is 0 Å². The summed E-state index contributed by atoms with van der Waals surface area (Å²) in [6.45, 7) is 3.32. The predicted octanol–water partition coefficient (Wildman–Crippen LogP) is 3.54. The van der Waals surface area contributed by atoms with E-state index in [1.54, 1.807) is 25.1 Å². The molecule has 3 atom stereocenters. The molecule has 0 radical (unpaired) electrons. The molecule has 2 heterocycles. The van der Waals surface area contributed by atoms with Crippen LogP contribution in [-0.2, 0) is 4.79 Å². The summed E-state index contributed by atoms with van der Waals surface area (Å²) in [5, 5.41) is 4.54. The number of amides is 1. The number of halogens is 3. The Bertz CT molecular complexity index is 570. The average Bonchev–Trinajstić information content (AvgIpc) is 2.80. The van der Waals surface area contributed by atoms with Gasteiger partial charge in [-0.3, -0.25) is 4.79 Å². The number of ether oxygens (including phenoxy) is 1. The number of carbonyl (C=O) groups excluding carboxylic acids is 1. The predicted molar refractivity (Wildman–Crippen MR) is 94.9 cm³/mol. The Kier molecular flexibility index (Phi) is 6.43. The molecule has 2 fully saturated rings. The minimum Gasteiger partial charge on any atom is -0.479 e. The molecule has 2 aliphatic heterocycles. The molecule has 1 amide bonds. The highest BCUT2D eigenvalue weighted by molar-refractivity contribution is 6.35. The van der Waals surface area contributed by atoms with E-state index in [0.717, 1.165) is 25.9 Å². The number of benzene rings is 1. The van der Waals surface area contributed by atoms with Crippen LogP contribution in [0.2, 0.25) is 10.0 Å². The van der Waals surface area contributed by atoms with Crippen LogP contribution in [0.1, 0.15) is 26.2 Å². The molecule has 2 aliphatic rings. The summed E-state index contributed by atoms with van der Waals surface area (Å²) in [6, 6.07) is 5.99. The van der Waals surface area contributed by atoms with Gasteiger partial charge in [0.1, 0.15) is 5.75 Å². The van der Waals surface area contributed by atoms with Crippen LogP contribution in [0.4, 0.5) is 0 Å². The summed E-state index contributed by atoms with van der Waals surface area (Å²) in [7, 11) is 0. The molecule has 3 unspecified atom stereocenters. The molecular weight excluding hydrogens is 359 g/mol. The molecule has 2 saturated heterocycles. The van der Waals surface area contributed by atoms with Gasteiger partial charge in [-0.1, -0.05) is 23.2 Å². The minimum atomic E-state index is -0.560. The number of rotatable bonds is 3. The number of nitrogens with one attached hydrogen (secondary N) is 1. The summed E-state index contributed by atoms with van der Waals surface area (Å²) in [6.07, 6.45) is 2.82. The zero-order valence-corrected chi connectivity index (χ0v) is 15.3. The lowest BCUT2D eigenvalue weighted by Crippen LogP contribution is -2.44. The monoisotopic (exact) mass is 378 g/mol. The molecule has 7 heteroatoms. The van der Waals surface area contributed by atoms with E-state index in [1.165, 1.54) is 6.42 Å². The van der Waals surface area contributed by atoms with E-state index in [9.17, 15) is 4.79 Å². The van der Waals surface area contributed by atoms with Crippen molar-refractivity contribution in [2.24, 2.45) is 0 Å². The molecule has 2 bridgehead atoms. The quantitative estimate of drug-likeness (QED) is 0.873. The lowest BCUT2D eigenvalue weighted by Gasteiger charge is -2.27. The molecule has 128 valence electrons. The van der Waals surface area contributed by atoms with Crippen LogP contribution in [0, 0.1) is 0 Å². The first-order valence-electron chi connectivity index (χ1n) is 7.69. The van der Waals surface area contributed by atoms with E-state index in [0.29, 0.717) is 27.9 Å². The molecule has 4 nitrogen and oxygen atoms in total. The van der Waals surface area contributed by atoms with Crippen LogP contribution in [0.25, 0.3) is 0 Å². The molecule has 0 spiro atoms. The molecular formula is C16H21Cl3N2O2. The zero-order valence-electron chi connectivity index (χ0n) is 12.9. The van der Waals surface area contributed by atoms with Crippen molar-refractivity contribution in [3.8, 4) is 5.75 Å². The van der Waals surface area contributed by atoms with Gasteiger partial charge in [0.2, 0.25) is 0 Å². The van der Waals surface area contributed by atoms with Gasteiger partial charge in [-0.15, -0.1) is 12.4 Å². The molecule has 1 aromatic rings. The van der Waals surface area contributed by atoms with Crippen molar-refractivity contribution in [2.45, 2.75) is 44.4 Å². The van der Waals surface area contributed by atoms with Crippen molar-refractivity contribution in [1.82, 2.24) is 10.2 Å². The van der Waals surface area contributed by atoms with Crippen LogP contribution in [0.5, 0.6) is 5.75 Å². The number of nitrogens with zero attached hydrogens (tertiary/aromatic N) is 1. The molecule has 3 rings (SSSR count). The molecule has 1 N–H and O–H groups in total. The minimum absolute atomic E-state index is 0. The Morgan fingerprint density at radius 1 is 1.30 bits per heavy atom. The van der Waals surface area contributed by atoms with Gasteiger partial charge in [0.15, 0.2) is 6.10 Å². The summed E-state index contributed by atoms with van der Waals surface area (Å²) in [5.74, 6) is 0.502. The van der Waals surface area contributed by atoms with Gasteiger partial charge < -0.3 is 15.0 Å². The maximum Gasteiger partial charge on any atom is 0.263 e. The first-order chi connectivity index (χ1) is 10.5. The van der Waals surface area contributed by atoms with Crippen molar-refractivity contribution in [3.63, 3.8) is 0 Å². The lowest BCUT2D eigenvalue weighted by atomic mass is 10.1. The van der Waals surface area contributed by atoms with Gasteiger partial charge in [0.25, 0.3) is 5.91 Å². The first-order valence-corrected chi connectivity index (χ1v) is 8.45. The van der Waals surface area contributed by atoms with Crippen LogP contribution in [0.15, 0.2) is 18.2 Å². The smallest absolute Gasteiger partial charge is 0.263 e. The Labute approximate surface area is 152 Å². The molecule has 23 heavy (non-hydrogen) atoms. The van der Waals surface area contributed by atoms with Gasteiger partial charge in [-0.25, -0.2) is 0 Å². The maximum absolute atomic E-state index is 12.6. The third kappa shape index (κ3) is 4.44. The summed E-state index contributed by atoms with van der Waals surface area (Å²) in [5.41, 5.74) is 0. The van der Waals surface area contributed by atoms with Crippen LogP contribution in [0.3, 0.4) is 0 Å². The van der Waals surface area contributed by atoms with Crippen molar-refractivity contribution in [1.29, 1.82) is 0 Å². The Morgan fingerprint density at radius 2 is 2.04 bits per heavy atom. The van der Waals surface area contributed by atoms with Crippen LogP contribution < -0.4 is 10.1 Å². The summed E-state index contributed by atoms with van der Waals surface area (Å²) >= 11 is 12.0. The molecule has 1 aromatic carbocycles. The molecule has 0 aliphatic carbocycles. The van der Waals surface area contributed by atoms with Crippen molar-refractivity contribution in [3.05, 3.63) is 28.2 Å². The topological polar surface area (TPSA) is 41.6 Å². The van der Waals surface area contributed by atoms with E-state index in [1.807, 2.05) is 4.90 Å². The fourth-order valence-electron chi connectivity index (χ4n) is 3.21. The maximum atomic E-state index is 12.6. The number of fused-ring (bicyclic) bond motifs is 2. The van der Waals surface area contributed by atoms with Crippen molar-refractivity contribution >= 4 is 41.5 Å². The van der Waals surface area contributed by atoms with E-state index in [-0.39, 0.29) is 18.3 Å². The van der Waals surface area contributed by atoms with Crippen LogP contribution in [-0.4, -0.2) is 42.1 Å². The van der Waals surface area contributed by atoms with Gasteiger partial charge in [-0.2, -0.15) is 0 Å². The standard InChI is InChI=1S/C16H20Cl2N2O2.ClH/c1-10(22-15-5-2-11(17)8-14(15)18)16(21)20-7-6-12-3-4-13(9-20)19-12;/h2,5,8,10,12-13,19H,3-4,6-7,9H2,1H3;1H. The van der Waals surface area contributed by atoms with E-state index >= 15 is 0 Å². The molecule has 0 saturated carbocycles. The second-order valence-electron chi connectivity index (χ2n) is 6.05. The highest BCUT2D eigenvalue weighted by Crippen LogP contribution is 2.29. The number of likely N-dealkylation sites (tertiary alicyclic amines) is 1.